The average Bonchev–Trinajstić information content (AvgIpc) is 3.17. The van der Waals surface area contributed by atoms with Gasteiger partial charge in [-0.3, -0.25) is 0 Å². The van der Waals surface area contributed by atoms with Crippen LogP contribution in [-0.4, -0.2) is 0 Å². The predicted octanol–water partition coefficient (Wildman–Crippen LogP) is 7.75. The fraction of sp³-hybridized carbons (Fsp3) is 0.0345. The van der Waals surface area contributed by atoms with E-state index in [2.05, 4.69) is 109 Å². The maximum Gasteiger partial charge on any atom is -0.000706 e. The van der Waals surface area contributed by atoms with Crippen molar-refractivity contribution in [2.75, 3.05) is 0 Å². The van der Waals surface area contributed by atoms with E-state index in [1.54, 1.807) is 0 Å². The van der Waals surface area contributed by atoms with Gasteiger partial charge >= 0.3 is 0 Å². The summed E-state index contributed by atoms with van der Waals surface area (Å²) in [7, 11) is 0. The molecule has 0 aliphatic heterocycles. The van der Waals surface area contributed by atoms with E-state index in [-0.39, 0.29) is 0 Å². The largest absolute Gasteiger partial charge is 0.0622 e. The second-order valence-electron chi connectivity index (χ2n) is 7.74. The topological polar surface area (TPSA) is 0 Å². The molecule has 1 aliphatic rings. The smallest absolute Gasteiger partial charge is 0.000706 e. The number of hydrogen-bond donors (Lipinski definition) is 0. The summed E-state index contributed by atoms with van der Waals surface area (Å²) in [6.45, 7) is 0. The summed E-state index contributed by atoms with van der Waals surface area (Å²) in [4.78, 5) is 0. The summed E-state index contributed by atoms with van der Waals surface area (Å²) in [6, 6.07) is 39.7. The van der Waals surface area contributed by atoms with Crippen LogP contribution in [0.5, 0.6) is 0 Å². The van der Waals surface area contributed by atoms with E-state index in [1.807, 2.05) is 0 Å². The lowest BCUT2D eigenvalue weighted by Crippen LogP contribution is -1.94. The Bertz CT molecular complexity index is 1350. The minimum absolute atomic E-state index is 0.991. The van der Waals surface area contributed by atoms with Crippen molar-refractivity contribution in [2.24, 2.45) is 0 Å². The van der Waals surface area contributed by atoms with Gasteiger partial charge in [0.25, 0.3) is 0 Å². The highest BCUT2D eigenvalue weighted by Crippen LogP contribution is 2.47. The Labute approximate surface area is 171 Å². The molecule has 1 aliphatic carbocycles. The fourth-order valence-corrected chi connectivity index (χ4v) is 4.82. The monoisotopic (exact) mass is 368 g/mol. The highest BCUT2D eigenvalue weighted by atomic mass is 14.3. The molecule has 0 heterocycles. The van der Waals surface area contributed by atoms with Crippen LogP contribution in [0.15, 0.2) is 109 Å². The maximum absolute atomic E-state index is 2.32. The first-order valence-corrected chi connectivity index (χ1v) is 10.2. The van der Waals surface area contributed by atoms with Gasteiger partial charge < -0.3 is 0 Å². The number of hydrogen-bond acceptors (Lipinski definition) is 0. The minimum Gasteiger partial charge on any atom is -0.0622 e. The van der Waals surface area contributed by atoms with Gasteiger partial charge in [-0.15, -0.1) is 0 Å². The molecular formula is C29H20. The third-order valence-corrected chi connectivity index (χ3v) is 6.13. The van der Waals surface area contributed by atoms with E-state index in [0.717, 1.165) is 6.42 Å². The minimum atomic E-state index is 0.991. The Morgan fingerprint density at radius 2 is 1.14 bits per heavy atom. The van der Waals surface area contributed by atoms with Gasteiger partial charge in [0, 0.05) is 0 Å². The number of rotatable bonds is 2. The van der Waals surface area contributed by atoms with Crippen molar-refractivity contribution in [3.63, 3.8) is 0 Å². The van der Waals surface area contributed by atoms with Gasteiger partial charge in [-0.1, -0.05) is 109 Å². The van der Waals surface area contributed by atoms with Crippen LogP contribution in [0.4, 0.5) is 0 Å². The Hall–Kier alpha value is -3.64. The molecule has 0 saturated carbocycles. The summed E-state index contributed by atoms with van der Waals surface area (Å²) in [5.74, 6) is 0. The molecular weight excluding hydrogens is 348 g/mol. The zero-order chi connectivity index (χ0) is 19.2. The normalized spacial score (nSPS) is 12.0. The van der Waals surface area contributed by atoms with Crippen LogP contribution < -0.4 is 0 Å². The predicted molar refractivity (Wildman–Crippen MR) is 123 cm³/mol. The molecule has 29 heavy (non-hydrogen) atoms. The van der Waals surface area contributed by atoms with Gasteiger partial charge in [0.15, 0.2) is 0 Å². The summed E-state index contributed by atoms with van der Waals surface area (Å²) in [5, 5.41) is 2.61. The molecule has 0 unspecified atom stereocenters. The SMILES string of the molecule is c1ccc(-c2ccc3c(c2-c2cccc4ccccc24)Cc2ccccc2-3)cc1. The Morgan fingerprint density at radius 3 is 2.07 bits per heavy atom. The van der Waals surface area contributed by atoms with Gasteiger partial charge in [-0.2, -0.15) is 0 Å². The quantitative estimate of drug-likeness (QED) is 0.293. The fourth-order valence-electron chi connectivity index (χ4n) is 4.82. The molecule has 0 nitrogen and oxygen atoms in total. The van der Waals surface area contributed by atoms with Crippen LogP contribution in [0, 0.1) is 0 Å². The van der Waals surface area contributed by atoms with Gasteiger partial charge in [0.2, 0.25) is 0 Å². The molecule has 0 spiro atoms. The second-order valence-corrected chi connectivity index (χ2v) is 7.74. The van der Waals surface area contributed by atoms with Crippen molar-refractivity contribution in [3.8, 4) is 33.4 Å². The molecule has 5 aromatic rings. The van der Waals surface area contributed by atoms with Crippen LogP contribution in [-0.2, 0) is 6.42 Å². The molecule has 0 heteroatoms. The lowest BCUT2D eigenvalue weighted by atomic mass is 9.86. The molecule has 0 aromatic heterocycles. The lowest BCUT2D eigenvalue weighted by molar-refractivity contribution is 1.26. The first-order chi connectivity index (χ1) is 14.4. The zero-order valence-corrected chi connectivity index (χ0v) is 16.1. The first-order valence-electron chi connectivity index (χ1n) is 10.2. The van der Waals surface area contributed by atoms with Crippen molar-refractivity contribution in [1.29, 1.82) is 0 Å². The molecule has 5 aromatic carbocycles. The van der Waals surface area contributed by atoms with Crippen LogP contribution >= 0.6 is 0 Å². The summed E-state index contributed by atoms with van der Waals surface area (Å²) >= 11 is 0. The number of fused-ring (bicyclic) bond motifs is 4. The highest BCUT2D eigenvalue weighted by Gasteiger charge is 2.24. The maximum atomic E-state index is 2.32. The van der Waals surface area contributed by atoms with Gasteiger partial charge in [-0.05, 0) is 61.7 Å². The molecule has 0 amide bonds. The molecule has 0 saturated heterocycles. The molecule has 0 atom stereocenters. The van der Waals surface area contributed by atoms with E-state index in [0.29, 0.717) is 0 Å². The third-order valence-electron chi connectivity index (χ3n) is 6.13. The standard InChI is InChI=1S/C29H20/c1-2-9-21(10-3-1)25-17-18-26-24-15-7-5-12-22(24)19-28(26)29(25)27-16-8-13-20-11-4-6-14-23(20)27/h1-18H,19H2. The molecule has 136 valence electrons. The van der Waals surface area contributed by atoms with E-state index in [9.17, 15) is 0 Å². The van der Waals surface area contributed by atoms with Crippen LogP contribution in [0.3, 0.4) is 0 Å². The second kappa shape index (κ2) is 6.46. The first kappa shape index (κ1) is 16.3. The van der Waals surface area contributed by atoms with Gasteiger partial charge in [0.05, 0.1) is 0 Å². The van der Waals surface area contributed by atoms with Crippen molar-refractivity contribution < 1.29 is 0 Å². The van der Waals surface area contributed by atoms with Crippen molar-refractivity contribution in [3.05, 3.63) is 120 Å². The Balaban J connectivity index is 1.72. The van der Waals surface area contributed by atoms with E-state index in [1.165, 1.54) is 55.3 Å². The van der Waals surface area contributed by atoms with Gasteiger partial charge in [0.1, 0.15) is 0 Å². The molecule has 0 bridgehead atoms. The lowest BCUT2D eigenvalue weighted by Gasteiger charge is -2.17. The van der Waals surface area contributed by atoms with Crippen LogP contribution in [0.25, 0.3) is 44.2 Å². The summed E-state index contributed by atoms with van der Waals surface area (Å²) in [6.07, 6.45) is 0.991. The van der Waals surface area contributed by atoms with Gasteiger partial charge in [-0.25, -0.2) is 0 Å². The van der Waals surface area contributed by atoms with Crippen molar-refractivity contribution in [1.82, 2.24) is 0 Å². The van der Waals surface area contributed by atoms with E-state index < -0.39 is 0 Å². The molecule has 6 rings (SSSR count). The number of benzene rings is 5. The Morgan fingerprint density at radius 1 is 0.448 bits per heavy atom. The summed E-state index contributed by atoms with van der Waals surface area (Å²) in [5.41, 5.74) is 10.9. The van der Waals surface area contributed by atoms with Crippen molar-refractivity contribution in [2.45, 2.75) is 6.42 Å². The molecule has 0 radical (unpaired) electrons. The highest BCUT2D eigenvalue weighted by molar-refractivity contribution is 6.03. The van der Waals surface area contributed by atoms with E-state index >= 15 is 0 Å². The van der Waals surface area contributed by atoms with Crippen LogP contribution in [0.2, 0.25) is 0 Å². The summed E-state index contributed by atoms with van der Waals surface area (Å²) < 4.78 is 0. The molecule has 0 fully saturated rings. The van der Waals surface area contributed by atoms with E-state index in [4.69, 9.17) is 0 Å². The van der Waals surface area contributed by atoms with Crippen LogP contribution in [0.1, 0.15) is 11.1 Å². The molecule has 0 N–H and O–H groups in total. The average molecular weight is 368 g/mol. The third kappa shape index (κ3) is 2.53. The Kier molecular flexibility index (Phi) is 3.64. The van der Waals surface area contributed by atoms with Crippen molar-refractivity contribution >= 4 is 10.8 Å². The zero-order valence-electron chi connectivity index (χ0n) is 16.1.